The van der Waals surface area contributed by atoms with E-state index in [0.717, 1.165) is 16.8 Å². The van der Waals surface area contributed by atoms with Gasteiger partial charge in [0.15, 0.2) is 16.9 Å². The molecule has 2 aromatic carbocycles. The van der Waals surface area contributed by atoms with Crippen molar-refractivity contribution in [2.45, 2.75) is 0 Å². The van der Waals surface area contributed by atoms with E-state index < -0.39 is 0 Å². The van der Waals surface area contributed by atoms with Gasteiger partial charge >= 0.3 is 0 Å². The minimum atomic E-state index is -0.0953. The van der Waals surface area contributed by atoms with Crippen LogP contribution in [0.3, 0.4) is 0 Å². The first-order chi connectivity index (χ1) is 11.0. The molecular formula is C18H17NO4. The number of aromatic hydroxyl groups is 1. The van der Waals surface area contributed by atoms with Crippen molar-refractivity contribution in [1.29, 1.82) is 0 Å². The number of phenols is 1. The summed E-state index contributed by atoms with van der Waals surface area (Å²) >= 11 is 0. The molecule has 0 aliphatic carbocycles. The summed E-state index contributed by atoms with van der Waals surface area (Å²) in [6.07, 6.45) is 0. The molecule has 3 aromatic rings. The topological polar surface area (TPSA) is 60.7 Å². The number of ether oxygens (including phenoxy) is 2. The molecule has 1 aromatic heterocycles. The molecule has 118 valence electrons. The lowest BCUT2D eigenvalue weighted by molar-refractivity contribution is 0.355. The molecule has 1 heterocycles. The van der Waals surface area contributed by atoms with Crippen molar-refractivity contribution in [1.82, 2.24) is 4.57 Å². The van der Waals surface area contributed by atoms with Crippen LogP contribution >= 0.6 is 0 Å². The number of aryl methyl sites for hydroxylation is 1. The maximum absolute atomic E-state index is 12.5. The summed E-state index contributed by atoms with van der Waals surface area (Å²) < 4.78 is 12.5. The molecule has 0 bridgehead atoms. The molecule has 0 unspecified atom stereocenters. The average Bonchev–Trinajstić information content (AvgIpc) is 2.57. The van der Waals surface area contributed by atoms with Crippen LogP contribution in [-0.4, -0.2) is 23.9 Å². The van der Waals surface area contributed by atoms with Gasteiger partial charge in [-0.25, -0.2) is 0 Å². The second kappa shape index (κ2) is 5.68. The van der Waals surface area contributed by atoms with Crippen molar-refractivity contribution in [3.05, 3.63) is 52.7 Å². The van der Waals surface area contributed by atoms with Gasteiger partial charge in [0.1, 0.15) is 5.75 Å². The van der Waals surface area contributed by atoms with Crippen LogP contribution in [0, 0.1) is 0 Å². The SMILES string of the molecule is COc1cc2c(=O)cc(-c3ccc(O)cc3)n(C)c2cc1OC. The normalized spacial score (nSPS) is 10.7. The zero-order valence-electron chi connectivity index (χ0n) is 13.2. The Morgan fingerprint density at radius 3 is 2.17 bits per heavy atom. The van der Waals surface area contributed by atoms with Crippen LogP contribution in [0.4, 0.5) is 0 Å². The summed E-state index contributed by atoms with van der Waals surface area (Å²) in [5.41, 5.74) is 2.26. The lowest BCUT2D eigenvalue weighted by Gasteiger charge is -2.15. The van der Waals surface area contributed by atoms with Gasteiger partial charge in [-0.05, 0) is 35.9 Å². The Balaban J connectivity index is 2.32. The van der Waals surface area contributed by atoms with Crippen molar-refractivity contribution in [2.24, 2.45) is 7.05 Å². The Hall–Kier alpha value is -2.95. The maximum Gasteiger partial charge on any atom is 0.190 e. The predicted molar refractivity (Wildman–Crippen MR) is 89.4 cm³/mol. The van der Waals surface area contributed by atoms with E-state index in [-0.39, 0.29) is 11.2 Å². The van der Waals surface area contributed by atoms with E-state index >= 15 is 0 Å². The first-order valence-electron chi connectivity index (χ1n) is 7.10. The minimum absolute atomic E-state index is 0.0953. The third-order valence-corrected chi connectivity index (χ3v) is 3.92. The van der Waals surface area contributed by atoms with E-state index in [0.29, 0.717) is 16.9 Å². The van der Waals surface area contributed by atoms with Crippen LogP contribution in [0.25, 0.3) is 22.2 Å². The number of methoxy groups -OCH3 is 2. The molecule has 0 spiro atoms. The molecule has 0 aliphatic rings. The van der Waals surface area contributed by atoms with E-state index in [4.69, 9.17) is 9.47 Å². The molecule has 3 rings (SSSR count). The Bertz CT molecular complexity index is 926. The second-order valence-electron chi connectivity index (χ2n) is 5.22. The molecule has 0 saturated carbocycles. The highest BCUT2D eigenvalue weighted by atomic mass is 16.5. The van der Waals surface area contributed by atoms with E-state index in [1.54, 1.807) is 56.7 Å². The van der Waals surface area contributed by atoms with E-state index in [1.165, 1.54) is 0 Å². The Kier molecular flexibility index (Phi) is 3.70. The fraction of sp³-hybridized carbons (Fsp3) is 0.167. The Labute approximate surface area is 133 Å². The highest BCUT2D eigenvalue weighted by Gasteiger charge is 2.13. The summed E-state index contributed by atoms with van der Waals surface area (Å²) in [5, 5.41) is 9.99. The highest BCUT2D eigenvalue weighted by molar-refractivity contribution is 5.85. The van der Waals surface area contributed by atoms with Gasteiger partial charge in [-0.3, -0.25) is 4.79 Å². The van der Waals surface area contributed by atoms with Crippen LogP contribution in [-0.2, 0) is 7.05 Å². The lowest BCUT2D eigenvalue weighted by atomic mass is 10.1. The van der Waals surface area contributed by atoms with E-state index in [2.05, 4.69) is 0 Å². The Morgan fingerprint density at radius 1 is 0.957 bits per heavy atom. The zero-order valence-corrected chi connectivity index (χ0v) is 13.2. The van der Waals surface area contributed by atoms with Crippen molar-refractivity contribution in [3.63, 3.8) is 0 Å². The summed E-state index contributed by atoms with van der Waals surface area (Å²) in [5.74, 6) is 1.28. The predicted octanol–water partition coefficient (Wildman–Crippen LogP) is 2.93. The van der Waals surface area contributed by atoms with Crippen molar-refractivity contribution in [2.75, 3.05) is 14.2 Å². The van der Waals surface area contributed by atoms with Crippen molar-refractivity contribution in [3.8, 4) is 28.5 Å². The summed E-state index contributed by atoms with van der Waals surface area (Å²) in [7, 11) is 4.99. The number of benzene rings is 2. The second-order valence-corrected chi connectivity index (χ2v) is 5.22. The number of phenolic OH excluding ortho intramolecular Hbond substituents is 1. The minimum Gasteiger partial charge on any atom is -0.508 e. The van der Waals surface area contributed by atoms with Crippen molar-refractivity contribution >= 4 is 10.9 Å². The standard InChI is InChI=1S/C18H17NO4/c1-19-14(11-4-6-12(20)7-5-11)9-16(21)13-8-17(22-2)18(23-3)10-15(13)19/h4-10,20H,1-3H3. The zero-order chi connectivity index (χ0) is 16.6. The molecule has 0 atom stereocenters. The average molecular weight is 311 g/mol. The number of pyridine rings is 1. The molecule has 5 nitrogen and oxygen atoms in total. The van der Waals surface area contributed by atoms with Gasteiger partial charge in [0.25, 0.3) is 0 Å². The van der Waals surface area contributed by atoms with Gasteiger partial charge in [0.05, 0.1) is 25.4 Å². The molecule has 0 aliphatic heterocycles. The number of hydrogen-bond donors (Lipinski definition) is 1. The number of hydrogen-bond acceptors (Lipinski definition) is 4. The van der Waals surface area contributed by atoms with Gasteiger partial charge in [-0.1, -0.05) is 0 Å². The lowest BCUT2D eigenvalue weighted by Crippen LogP contribution is -2.09. The van der Waals surface area contributed by atoms with Crippen LogP contribution in [0.5, 0.6) is 17.2 Å². The molecule has 23 heavy (non-hydrogen) atoms. The Morgan fingerprint density at radius 2 is 1.57 bits per heavy atom. The van der Waals surface area contributed by atoms with Gasteiger partial charge in [-0.2, -0.15) is 0 Å². The monoisotopic (exact) mass is 311 g/mol. The largest absolute Gasteiger partial charge is 0.508 e. The van der Waals surface area contributed by atoms with Crippen LogP contribution in [0.1, 0.15) is 0 Å². The quantitative estimate of drug-likeness (QED) is 0.808. The first kappa shape index (κ1) is 15.0. The van der Waals surface area contributed by atoms with Crippen molar-refractivity contribution < 1.29 is 14.6 Å². The number of nitrogens with zero attached hydrogens (tertiary/aromatic N) is 1. The third-order valence-electron chi connectivity index (χ3n) is 3.92. The number of rotatable bonds is 3. The molecule has 5 heteroatoms. The maximum atomic E-state index is 12.5. The molecular weight excluding hydrogens is 294 g/mol. The van der Waals surface area contributed by atoms with E-state index in [9.17, 15) is 9.90 Å². The highest BCUT2D eigenvalue weighted by Crippen LogP contribution is 2.32. The van der Waals surface area contributed by atoms with Gasteiger partial charge < -0.3 is 19.1 Å². The van der Waals surface area contributed by atoms with Gasteiger partial charge in [-0.15, -0.1) is 0 Å². The van der Waals surface area contributed by atoms with Crippen LogP contribution in [0.15, 0.2) is 47.3 Å². The third kappa shape index (κ3) is 2.50. The smallest absolute Gasteiger partial charge is 0.190 e. The van der Waals surface area contributed by atoms with Crippen LogP contribution < -0.4 is 14.9 Å². The van der Waals surface area contributed by atoms with E-state index in [1.807, 2.05) is 11.6 Å². The number of fused-ring (bicyclic) bond motifs is 1. The molecule has 0 radical (unpaired) electrons. The fourth-order valence-electron chi connectivity index (χ4n) is 2.68. The molecule has 0 saturated heterocycles. The summed E-state index contributed by atoms with van der Waals surface area (Å²) in [4.78, 5) is 12.5. The number of aromatic nitrogens is 1. The van der Waals surface area contributed by atoms with Gasteiger partial charge in [0, 0.05) is 24.6 Å². The molecule has 0 fully saturated rings. The summed E-state index contributed by atoms with van der Waals surface area (Å²) in [6.45, 7) is 0. The molecule has 1 N–H and O–H groups in total. The molecule has 0 amide bonds. The van der Waals surface area contributed by atoms with Crippen LogP contribution in [0.2, 0.25) is 0 Å². The summed E-state index contributed by atoms with van der Waals surface area (Å²) in [6, 6.07) is 11.8. The first-order valence-corrected chi connectivity index (χ1v) is 7.10. The van der Waals surface area contributed by atoms with Gasteiger partial charge in [0.2, 0.25) is 0 Å². The fourth-order valence-corrected chi connectivity index (χ4v) is 2.68.